The third kappa shape index (κ3) is 2.41. The van der Waals surface area contributed by atoms with E-state index in [2.05, 4.69) is 34.0 Å². The van der Waals surface area contributed by atoms with Gasteiger partial charge in [0.1, 0.15) is 11.6 Å². The maximum Gasteiger partial charge on any atom is 0.223 e. The zero-order chi connectivity index (χ0) is 12.4. The second kappa shape index (κ2) is 4.75. The first-order valence-electron chi connectivity index (χ1n) is 6.02. The van der Waals surface area contributed by atoms with Crippen molar-refractivity contribution in [1.82, 2.24) is 15.3 Å². The van der Waals surface area contributed by atoms with E-state index in [1.807, 2.05) is 0 Å². The van der Waals surface area contributed by atoms with Crippen molar-refractivity contribution in [3.63, 3.8) is 0 Å². The molecule has 5 N–H and O–H groups in total. The number of nitrogen functional groups attached to an aromatic ring is 2. The van der Waals surface area contributed by atoms with Crippen LogP contribution < -0.4 is 21.7 Å². The molecular weight excluding hydrogens is 216 g/mol. The summed E-state index contributed by atoms with van der Waals surface area (Å²) in [5, 5.41) is 3.40. The minimum Gasteiger partial charge on any atom is -0.383 e. The van der Waals surface area contributed by atoms with Gasteiger partial charge in [0.05, 0.1) is 0 Å². The summed E-state index contributed by atoms with van der Waals surface area (Å²) < 4.78 is 0. The number of nitrogens with two attached hydrogens (primary N) is 2. The van der Waals surface area contributed by atoms with Crippen LogP contribution in [0.3, 0.4) is 0 Å². The van der Waals surface area contributed by atoms with Gasteiger partial charge >= 0.3 is 0 Å². The van der Waals surface area contributed by atoms with E-state index < -0.39 is 0 Å². The molecule has 0 spiro atoms. The van der Waals surface area contributed by atoms with E-state index in [1.165, 1.54) is 0 Å². The van der Waals surface area contributed by atoms with Crippen molar-refractivity contribution in [2.45, 2.75) is 26.3 Å². The van der Waals surface area contributed by atoms with Crippen LogP contribution in [-0.4, -0.2) is 35.6 Å². The highest BCUT2D eigenvalue weighted by Gasteiger charge is 2.21. The molecule has 2 rings (SSSR count). The fourth-order valence-electron chi connectivity index (χ4n) is 2.23. The highest BCUT2D eigenvalue weighted by atomic mass is 15.3. The summed E-state index contributed by atoms with van der Waals surface area (Å²) in [6, 6.07) is 0.450. The van der Waals surface area contributed by atoms with Crippen molar-refractivity contribution in [2.24, 2.45) is 0 Å². The predicted molar refractivity (Wildman–Crippen MR) is 69.9 cm³/mol. The minimum atomic E-state index is 0.251. The number of piperazine rings is 1. The average Bonchev–Trinajstić information content (AvgIpc) is 2.28. The molecular formula is C11H20N6. The monoisotopic (exact) mass is 236 g/mol. The van der Waals surface area contributed by atoms with Crippen molar-refractivity contribution in [3.05, 3.63) is 5.56 Å². The molecule has 0 amide bonds. The minimum absolute atomic E-state index is 0.251. The Balaban J connectivity index is 2.35. The molecule has 1 aromatic heterocycles. The number of rotatable bonds is 2. The van der Waals surface area contributed by atoms with Crippen LogP contribution in [0.2, 0.25) is 0 Å². The van der Waals surface area contributed by atoms with Crippen molar-refractivity contribution < 1.29 is 0 Å². The lowest BCUT2D eigenvalue weighted by molar-refractivity contribution is 0.481. The third-order valence-corrected chi connectivity index (χ3v) is 3.06. The van der Waals surface area contributed by atoms with Crippen molar-refractivity contribution in [3.8, 4) is 0 Å². The van der Waals surface area contributed by atoms with E-state index in [4.69, 9.17) is 11.5 Å². The molecule has 0 saturated carbocycles. The van der Waals surface area contributed by atoms with Gasteiger partial charge in [0.2, 0.25) is 5.95 Å². The molecule has 1 atom stereocenters. The molecule has 1 fully saturated rings. The molecule has 6 nitrogen and oxygen atoms in total. The molecule has 0 bridgehead atoms. The van der Waals surface area contributed by atoms with Gasteiger partial charge in [0.25, 0.3) is 0 Å². The van der Waals surface area contributed by atoms with Crippen LogP contribution in [0.15, 0.2) is 0 Å². The van der Waals surface area contributed by atoms with Crippen molar-refractivity contribution >= 4 is 17.6 Å². The van der Waals surface area contributed by atoms with E-state index in [1.54, 1.807) is 0 Å². The van der Waals surface area contributed by atoms with Crippen LogP contribution in [0.5, 0.6) is 0 Å². The molecule has 0 aromatic carbocycles. The molecule has 17 heavy (non-hydrogen) atoms. The Morgan fingerprint density at radius 2 is 2.18 bits per heavy atom. The maximum absolute atomic E-state index is 5.90. The number of nitrogens with one attached hydrogen (secondary N) is 1. The Hall–Kier alpha value is -1.56. The van der Waals surface area contributed by atoms with E-state index in [-0.39, 0.29) is 5.95 Å². The Bertz CT molecular complexity index is 405. The standard InChI is InChI=1S/C11H20N6/c1-3-8-9(12)15-11(13)16-10(8)17-5-4-14-7(2)6-17/h7,14H,3-6H2,1-2H3,(H4,12,13,15,16). The summed E-state index contributed by atoms with van der Waals surface area (Å²) in [6.45, 7) is 7.01. The maximum atomic E-state index is 5.90. The lowest BCUT2D eigenvalue weighted by Crippen LogP contribution is -2.50. The summed E-state index contributed by atoms with van der Waals surface area (Å²) in [5.41, 5.74) is 12.6. The molecule has 0 radical (unpaired) electrons. The van der Waals surface area contributed by atoms with E-state index in [9.17, 15) is 0 Å². The van der Waals surface area contributed by atoms with Gasteiger partial charge in [0, 0.05) is 31.2 Å². The first kappa shape index (κ1) is 11.9. The quantitative estimate of drug-likeness (QED) is 0.669. The van der Waals surface area contributed by atoms with Gasteiger partial charge in [-0.05, 0) is 13.3 Å². The Morgan fingerprint density at radius 3 is 2.82 bits per heavy atom. The summed E-state index contributed by atoms with van der Waals surface area (Å²) in [4.78, 5) is 10.6. The van der Waals surface area contributed by atoms with Crippen LogP contribution >= 0.6 is 0 Å². The number of hydrogen-bond acceptors (Lipinski definition) is 6. The summed E-state index contributed by atoms with van der Waals surface area (Å²) in [6.07, 6.45) is 0.819. The molecule has 94 valence electrons. The Morgan fingerprint density at radius 1 is 1.41 bits per heavy atom. The van der Waals surface area contributed by atoms with Gasteiger partial charge in [0.15, 0.2) is 0 Å². The van der Waals surface area contributed by atoms with Crippen LogP contribution in [0.1, 0.15) is 19.4 Å². The highest BCUT2D eigenvalue weighted by molar-refractivity contribution is 5.60. The second-order valence-electron chi connectivity index (χ2n) is 4.42. The molecule has 1 unspecified atom stereocenters. The fraction of sp³-hybridized carbons (Fsp3) is 0.636. The van der Waals surface area contributed by atoms with E-state index in [0.717, 1.165) is 37.4 Å². The third-order valence-electron chi connectivity index (χ3n) is 3.06. The van der Waals surface area contributed by atoms with Gasteiger partial charge < -0.3 is 21.7 Å². The van der Waals surface area contributed by atoms with Gasteiger partial charge in [-0.1, -0.05) is 6.92 Å². The smallest absolute Gasteiger partial charge is 0.223 e. The van der Waals surface area contributed by atoms with Gasteiger partial charge in [-0.15, -0.1) is 0 Å². The largest absolute Gasteiger partial charge is 0.383 e. The lowest BCUT2D eigenvalue weighted by atomic mass is 10.1. The Kier molecular flexibility index (Phi) is 3.33. The SMILES string of the molecule is CCc1c(N)nc(N)nc1N1CCNC(C)C1. The van der Waals surface area contributed by atoms with Gasteiger partial charge in [-0.25, -0.2) is 0 Å². The van der Waals surface area contributed by atoms with Gasteiger partial charge in [-0.2, -0.15) is 9.97 Å². The van der Waals surface area contributed by atoms with Crippen LogP contribution in [-0.2, 0) is 6.42 Å². The number of nitrogens with zero attached hydrogens (tertiary/aromatic N) is 3. The predicted octanol–water partition coefficient (Wildman–Crippen LogP) is 0.00150. The number of aromatic nitrogens is 2. The molecule has 1 saturated heterocycles. The molecule has 1 aromatic rings. The summed E-state index contributed by atoms with van der Waals surface area (Å²) in [7, 11) is 0. The number of anilines is 3. The zero-order valence-corrected chi connectivity index (χ0v) is 10.4. The Labute approximate surface area is 101 Å². The normalized spacial score (nSPS) is 20.6. The van der Waals surface area contributed by atoms with Gasteiger partial charge in [-0.3, -0.25) is 0 Å². The fourth-order valence-corrected chi connectivity index (χ4v) is 2.23. The topological polar surface area (TPSA) is 93.1 Å². The van der Waals surface area contributed by atoms with Crippen LogP contribution in [0, 0.1) is 0 Å². The molecule has 1 aliphatic rings. The highest BCUT2D eigenvalue weighted by Crippen LogP contribution is 2.24. The number of hydrogen-bond donors (Lipinski definition) is 3. The zero-order valence-electron chi connectivity index (χ0n) is 10.4. The van der Waals surface area contributed by atoms with Crippen LogP contribution in [0.25, 0.3) is 0 Å². The van der Waals surface area contributed by atoms with E-state index in [0.29, 0.717) is 11.9 Å². The summed E-state index contributed by atoms with van der Waals surface area (Å²) >= 11 is 0. The lowest BCUT2D eigenvalue weighted by Gasteiger charge is -2.34. The first-order chi connectivity index (χ1) is 8.11. The molecule has 1 aliphatic heterocycles. The molecule has 6 heteroatoms. The molecule has 2 heterocycles. The van der Waals surface area contributed by atoms with E-state index >= 15 is 0 Å². The summed E-state index contributed by atoms with van der Waals surface area (Å²) in [5.74, 6) is 1.65. The molecule has 0 aliphatic carbocycles. The van der Waals surface area contributed by atoms with Crippen LogP contribution in [0.4, 0.5) is 17.6 Å². The van der Waals surface area contributed by atoms with Crippen molar-refractivity contribution in [2.75, 3.05) is 36.0 Å². The van der Waals surface area contributed by atoms with Crippen molar-refractivity contribution in [1.29, 1.82) is 0 Å². The average molecular weight is 236 g/mol. The second-order valence-corrected chi connectivity index (χ2v) is 4.42. The first-order valence-corrected chi connectivity index (χ1v) is 6.02.